The molecule has 78 valence electrons. The molecule has 0 aliphatic carbocycles. The molecule has 2 rings (SSSR count). The Morgan fingerprint density at radius 1 is 1.47 bits per heavy atom. The van der Waals surface area contributed by atoms with Gasteiger partial charge in [0.05, 0.1) is 24.3 Å². The summed E-state index contributed by atoms with van der Waals surface area (Å²) in [4.78, 5) is 16.1. The van der Waals surface area contributed by atoms with Gasteiger partial charge in [-0.15, -0.1) is 0 Å². The van der Waals surface area contributed by atoms with Gasteiger partial charge in [-0.3, -0.25) is 9.36 Å². The lowest BCUT2D eigenvalue weighted by molar-refractivity contribution is 0.415. The van der Waals surface area contributed by atoms with E-state index in [1.807, 2.05) is 6.92 Å². The fourth-order valence-corrected chi connectivity index (χ4v) is 1.49. The van der Waals surface area contributed by atoms with Crippen molar-refractivity contribution in [2.75, 3.05) is 7.11 Å². The van der Waals surface area contributed by atoms with E-state index in [0.717, 1.165) is 0 Å². The van der Waals surface area contributed by atoms with Crippen LogP contribution < -0.4 is 10.3 Å². The predicted octanol–water partition coefficient (Wildman–Crippen LogP) is 1.42. The van der Waals surface area contributed by atoms with Crippen LogP contribution in [0, 0.1) is 0 Å². The van der Waals surface area contributed by atoms with Crippen molar-refractivity contribution in [1.29, 1.82) is 0 Å². The lowest BCUT2D eigenvalue weighted by Gasteiger charge is -2.04. The monoisotopic (exact) mass is 204 g/mol. The molecule has 0 saturated carbocycles. The van der Waals surface area contributed by atoms with Crippen LogP contribution in [0.15, 0.2) is 29.3 Å². The molecule has 0 radical (unpaired) electrons. The molecule has 0 unspecified atom stereocenters. The minimum Gasteiger partial charge on any atom is -0.497 e. The Hall–Kier alpha value is -1.84. The van der Waals surface area contributed by atoms with Crippen LogP contribution in [0.1, 0.15) is 6.92 Å². The van der Waals surface area contributed by atoms with E-state index in [0.29, 0.717) is 23.2 Å². The molecule has 4 nitrogen and oxygen atoms in total. The van der Waals surface area contributed by atoms with Gasteiger partial charge in [-0.25, -0.2) is 4.98 Å². The number of ether oxygens (including phenoxy) is 1. The zero-order chi connectivity index (χ0) is 10.8. The summed E-state index contributed by atoms with van der Waals surface area (Å²) in [5.74, 6) is 0.676. The maximum Gasteiger partial charge on any atom is 0.261 e. The molecule has 0 spiro atoms. The van der Waals surface area contributed by atoms with Crippen LogP contribution in [0.5, 0.6) is 5.75 Å². The first-order valence-corrected chi connectivity index (χ1v) is 4.79. The van der Waals surface area contributed by atoms with Gasteiger partial charge in [-0.1, -0.05) is 0 Å². The topological polar surface area (TPSA) is 44.1 Å². The highest BCUT2D eigenvalue weighted by Crippen LogP contribution is 2.15. The Balaban J connectivity index is 2.78. The fraction of sp³-hybridized carbons (Fsp3) is 0.273. The van der Waals surface area contributed by atoms with E-state index in [1.165, 1.54) is 0 Å². The van der Waals surface area contributed by atoms with Crippen molar-refractivity contribution in [2.45, 2.75) is 13.5 Å². The number of benzene rings is 1. The Morgan fingerprint density at radius 3 is 2.93 bits per heavy atom. The molecule has 0 fully saturated rings. The smallest absolute Gasteiger partial charge is 0.261 e. The summed E-state index contributed by atoms with van der Waals surface area (Å²) in [6.07, 6.45) is 1.57. The average Bonchev–Trinajstić information content (AvgIpc) is 2.29. The number of aromatic nitrogens is 2. The van der Waals surface area contributed by atoms with Crippen LogP contribution >= 0.6 is 0 Å². The third-order valence-corrected chi connectivity index (χ3v) is 2.37. The van der Waals surface area contributed by atoms with Crippen molar-refractivity contribution in [1.82, 2.24) is 9.55 Å². The van der Waals surface area contributed by atoms with Crippen LogP contribution in [0.3, 0.4) is 0 Å². The zero-order valence-corrected chi connectivity index (χ0v) is 8.73. The van der Waals surface area contributed by atoms with E-state index >= 15 is 0 Å². The molecule has 4 heteroatoms. The van der Waals surface area contributed by atoms with Crippen LogP contribution in [0.25, 0.3) is 10.9 Å². The molecule has 0 aliphatic rings. The van der Waals surface area contributed by atoms with E-state index in [-0.39, 0.29) is 5.56 Å². The number of methoxy groups -OCH3 is 1. The second-order valence-corrected chi connectivity index (χ2v) is 3.22. The molecular weight excluding hydrogens is 192 g/mol. The highest BCUT2D eigenvalue weighted by atomic mass is 16.5. The van der Waals surface area contributed by atoms with Gasteiger partial charge >= 0.3 is 0 Å². The SMILES string of the molecule is CCn1cnc2ccc(OC)cc2c1=O. The van der Waals surface area contributed by atoms with Gasteiger partial charge in [-0.2, -0.15) is 0 Å². The Kier molecular flexibility index (Phi) is 2.41. The standard InChI is InChI=1S/C11H12N2O2/c1-3-13-7-12-10-5-4-8(15-2)6-9(10)11(13)14/h4-7H,3H2,1-2H3. The van der Waals surface area contributed by atoms with Gasteiger partial charge in [-0.05, 0) is 25.1 Å². The molecule has 1 aromatic carbocycles. The minimum atomic E-state index is -0.0265. The van der Waals surface area contributed by atoms with E-state index in [9.17, 15) is 4.79 Å². The van der Waals surface area contributed by atoms with E-state index in [2.05, 4.69) is 4.98 Å². The van der Waals surface area contributed by atoms with Crippen molar-refractivity contribution in [2.24, 2.45) is 0 Å². The molecule has 0 bridgehead atoms. The summed E-state index contributed by atoms with van der Waals surface area (Å²) in [6.45, 7) is 2.54. The highest BCUT2D eigenvalue weighted by Gasteiger charge is 2.03. The maximum atomic E-state index is 11.9. The van der Waals surface area contributed by atoms with E-state index in [4.69, 9.17) is 4.74 Å². The third-order valence-electron chi connectivity index (χ3n) is 2.37. The summed E-state index contributed by atoms with van der Waals surface area (Å²) in [5, 5.41) is 0.596. The van der Waals surface area contributed by atoms with Crippen LogP contribution in [0.2, 0.25) is 0 Å². The fourth-order valence-electron chi connectivity index (χ4n) is 1.49. The molecule has 0 saturated heterocycles. The van der Waals surface area contributed by atoms with E-state index in [1.54, 1.807) is 36.2 Å². The molecule has 0 N–H and O–H groups in total. The summed E-state index contributed by atoms with van der Waals surface area (Å²) in [7, 11) is 1.58. The first-order chi connectivity index (χ1) is 7.26. The lowest BCUT2D eigenvalue weighted by Crippen LogP contribution is -2.19. The van der Waals surface area contributed by atoms with Crippen molar-refractivity contribution < 1.29 is 4.74 Å². The molecule has 0 atom stereocenters. The molecule has 2 aromatic rings. The molecule has 1 aromatic heterocycles. The Labute approximate surface area is 87.1 Å². The largest absolute Gasteiger partial charge is 0.497 e. The predicted molar refractivity (Wildman–Crippen MR) is 58.2 cm³/mol. The zero-order valence-electron chi connectivity index (χ0n) is 8.73. The highest BCUT2D eigenvalue weighted by molar-refractivity contribution is 5.78. The quantitative estimate of drug-likeness (QED) is 0.743. The molecular formula is C11H12N2O2. The van der Waals surface area contributed by atoms with Crippen LogP contribution in [-0.4, -0.2) is 16.7 Å². The summed E-state index contributed by atoms with van der Waals surface area (Å²) < 4.78 is 6.65. The van der Waals surface area contributed by atoms with Gasteiger partial charge in [0.1, 0.15) is 5.75 Å². The van der Waals surface area contributed by atoms with E-state index < -0.39 is 0 Å². The van der Waals surface area contributed by atoms with Crippen molar-refractivity contribution in [3.8, 4) is 5.75 Å². The van der Waals surface area contributed by atoms with Crippen LogP contribution in [-0.2, 0) is 6.54 Å². The first kappa shape index (κ1) is 9.71. The number of aryl methyl sites for hydroxylation is 1. The summed E-state index contributed by atoms with van der Waals surface area (Å²) in [5.41, 5.74) is 0.673. The number of rotatable bonds is 2. The summed E-state index contributed by atoms with van der Waals surface area (Å²) >= 11 is 0. The number of hydrogen-bond acceptors (Lipinski definition) is 3. The second kappa shape index (κ2) is 3.73. The van der Waals surface area contributed by atoms with Crippen molar-refractivity contribution in [3.63, 3.8) is 0 Å². The summed E-state index contributed by atoms with van der Waals surface area (Å²) in [6, 6.07) is 5.30. The molecule has 15 heavy (non-hydrogen) atoms. The van der Waals surface area contributed by atoms with Crippen molar-refractivity contribution >= 4 is 10.9 Å². The maximum absolute atomic E-state index is 11.9. The van der Waals surface area contributed by atoms with Gasteiger partial charge in [0.25, 0.3) is 5.56 Å². The van der Waals surface area contributed by atoms with Crippen molar-refractivity contribution in [3.05, 3.63) is 34.9 Å². The normalized spacial score (nSPS) is 10.5. The Morgan fingerprint density at radius 2 is 2.27 bits per heavy atom. The number of hydrogen-bond donors (Lipinski definition) is 0. The third kappa shape index (κ3) is 1.58. The number of fused-ring (bicyclic) bond motifs is 1. The van der Waals surface area contributed by atoms with Gasteiger partial charge in [0.2, 0.25) is 0 Å². The molecule has 0 aliphatic heterocycles. The Bertz CT molecular complexity index is 541. The van der Waals surface area contributed by atoms with Crippen LogP contribution in [0.4, 0.5) is 0 Å². The second-order valence-electron chi connectivity index (χ2n) is 3.22. The number of nitrogens with zero attached hydrogens (tertiary/aromatic N) is 2. The molecule has 0 amide bonds. The minimum absolute atomic E-state index is 0.0265. The van der Waals surface area contributed by atoms with Gasteiger partial charge < -0.3 is 4.74 Å². The molecule has 1 heterocycles. The lowest BCUT2D eigenvalue weighted by atomic mass is 10.2. The van der Waals surface area contributed by atoms with Gasteiger partial charge in [0.15, 0.2) is 0 Å². The average molecular weight is 204 g/mol. The first-order valence-electron chi connectivity index (χ1n) is 4.79. The van der Waals surface area contributed by atoms with Gasteiger partial charge in [0, 0.05) is 6.54 Å².